The maximum atomic E-state index is 5.27. The fourth-order valence-corrected chi connectivity index (χ4v) is 2.33. The molecule has 1 aromatic rings. The smallest absolute Gasteiger partial charge is 0.121 e. The van der Waals surface area contributed by atoms with Crippen molar-refractivity contribution < 1.29 is 4.74 Å². The average Bonchev–Trinajstić information content (AvgIpc) is 2.24. The Morgan fingerprint density at radius 3 is 2.71 bits per heavy atom. The molecule has 0 atom stereocenters. The zero-order valence-corrected chi connectivity index (χ0v) is 11.0. The number of aryl methyl sites for hydroxylation is 1. The predicted octanol–water partition coefficient (Wildman–Crippen LogP) is 1.65. The molecule has 1 saturated heterocycles. The molecule has 1 fully saturated rings. The average molecular weight is 234 g/mol. The van der Waals surface area contributed by atoms with E-state index in [1.54, 1.807) is 7.11 Å². The summed E-state index contributed by atoms with van der Waals surface area (Å²) in [6.07, 6.45) is 0. The molecule has 1 aliphatic heterocycles. The van der Waals surface area contributed by atoms with E-state index in [9.17, 15) is 0 Å². The van der Waals surface area contributed by atoms with Crippen LogP contribution in [0.2, 0.25) is 0 Å². The Bertz CT molecular complexity index is 374. The second-order valence-corrected chi connectivity index (χ2v) is 5.02. The van der Waals surface area contributed by atoms with E-state index >= 15 is 0 Å². The molecule has 2 rings (SSSR count). The van der Waals surface area contributed by atoms with E-state index in [4.69, 9.17) is 4.74 Å². The van der Waals surface area contributed by atoms with Crippen molar-refractivity contribution in [2.45, 2.75) is 13.5 Å². The van der Waals surface area contributed by atoms with E-state index in [0.717, 1.165) is 18.2 Å². The van der Waals surface area contributed by atoms with Gasteiger partial charge in [0.2, 0.25) is 0 Å². The molecule has 94 valence electrons. The van der Waals surface area contributed by atoms with Crippen LogP contribution in [0.25, 0.3) is 0 Å². The van der Waals surface area contributed by atoms with Crippen LogP contribution in [0.1, 0.15) is 11.1 Å². The van der Waals surface area contributed by atoms with Crippen LogP contribution in [-0.2, 0) is 6.54 Å². The molecular formula is C14H22N2O. The molecule has 0 unspecified atom stereocenters. The third-order valence-corrected chi connectivity index (χ3v) is 3.35. The lowest BCUT2D eigenvalue weighted by molar-refractivity contribution is 0.218. The molecule has 3 heteroatoms. The van der Waals surface area contributed by atoms with E-state index in [2.05, 4.69) is 42.4 Å². The van der Waals surface area contributed by atoms with Gasteiger partial charge in [-0.3, -0.25) is 0 Å². The van der Waals surface area contributed by atoms with Crippen LogP contribution in [0.5, 0.6) is 5.75 Å². The molecule has 0 radical (unpaired) electrons. The Morgan fingerprint density at radius 2 is 2.18 bits per heavy atom. The van der Waals surface area contributed by atoms with Crippen LogP contribution in [0.4, 0.5) is 0 Å². The van der Waals surface area contributed by atoms with Crippen molar-refractivity contribution in [1.82, 2.24) is 10.2 Å². The van der Waals surface area contributed by atoms with Crippen LogP contribution in [0.3, 0.4) is 0 Å². The molecule has 0 bridgehead atoms. The maximum Gasteiger partial charge on any atom is 0.121 e. The van der Waals surface area contributed by atoms with Gasteiger partial charge in [-0.05, 0) is 37.1 Å². The molecule has 0 aliphatic carbocycles. The minimum Gasteiger partial charge on any atom is -0.496 e. The first kappa shape index (κ1) is 12.4. The highest BCUT2D eigenvalue weighted by molar-refractivity contribution is 5.36. The van der Waals surface area contributed by atoms with E-state index in [0.29, 0.717) is 0 Å². The number of nitrogens with zero attached hydrogens (tertiary/aromatic N) is 1. The van der Waals surface area contributed by atoms with Gasteiger partial charge in [0.15, 0.2) is 0 Å². The van der Waals surface area contributed by atoms with Gasteiger partial charge in [-0.25, -0.2) is 0 Å². The van der Waals surface area contributed by atoms with Gasteiger partial charge in [0.05, 0.1) is 7.11 Å². The molecule has 1 heterocycles. The minimum absolute atomic E-state index is 0.833. The zero-order valence-electron chi connectivity index (χ0n) is 11.0. The van der Waals surface area contributed by atoms with E-state index in [-0.39, 0.29) is 0 Å². The van der Waals surface area contributed by atoms with Crippen molar-refractivity contribution >= 4 is 0 Å². The van der Waals surface area contributed by atoms with Crippen LogP contribution in [0, 0.1) is 12.8 Å². The van der Waals surface area contributed by atoms with E-state index in [1.165, 1.54) is 30.8 Å². The summed E-state index contributed by atoms with van der Waals surface area (Å²) in [6, 6.07) is 6.43. The highest BCUT2D eigenvalue weighted by Crippen LogP contribution is 2.19. The van der Waals surface area contributed by atoms with Gasteiger partial charge in [0, 0.05) is 26.2 Å². The van der Waals surface area contributed by atoms with Crippen LogP contribution < -0.4 is 10.1 Å². The first-order chi connectivity index (χ1) is 8.19. The van der Waals surface area contributed by atoms with Crippen LogP contribution in [0.15, 0.2) is 18.2 Å². The molecular weight excluding hydrogens is 212 g/mol. The number of benzene rings is 1. The highest BCUT2D eigenvalue weighted by Gasteiger charge is 2.18. The van der Waals surface area contributed by atoms with Gasteiger partial charge in [-0.1, -0.05) is 12.1 Å². The number of hydrogen-bond acceptors (Lipinski definition) is 3. The Morgan fingerprint density at radius 1 is 1.41 bits per heavy atom. The predicted molar refractivity (Wildman–Crippen MR) is 70.4 cm³/mol. The molecule has 1 aromatic carbocycles. The molecule has 0 amide bonds. The van der Waals surface area contributed by atoms with Gasteiger partial charge in [0.25, 0.3) is 0 Å². The van der Waals surface area contributed by atoms with E-state index < -0.39 is 0 Å². The molecule has 0 aromatic heterocycles. The number of ether oxygens (including phenoxy) is 1. The molecule has 1 aliphatic rings. The Kier molecular flexibility index (Phi) is 4.02. The fraction of sp³-hybridized carbons (Fsp3) is 0.571. The molecule has 17 heavy (non-hydrogen) atoms. The molecule has 0 saturated carbocycles. The summed E-state index contributed by atoms with van der Waals surface area (Å²) in [5, 5.41) is 3.31. The summed E-state index contributed by atoms with van der Waals surface area (Å²) in [5.41, 5.74) is 2.57. The van der Waals surface area contributed by atoms with Crippen molar-refractivity contribution in [3.05, 3.63) is 29.3 Å². The van der Waals surface area contributed by atoms with Crippen LogP contribution in [-0.4, -0.2) is 38.7 Å². The van der Waals surface area contributed by atoms with Gasteiger partial charge in [-0.2, -0.15) is 0 Å². The van der Waals surface area contributed by atoms with Crippen LogP contribution >= 0.6 is 0 Å². The number of rotatable bonds is 5. The standard InChI is InChI=1S/C14H22N2O/c1-11-6-12(4-5-14(11)17-3)9-16(2)10-13-7-15-8-13/h4-6,13,15H,7-10H2,1-3H3. The Labute approximate surface area is 104 Å². The largest absolute Gasteiger partial charge is 0.496 e. The lowest BCUT2D eigenvalue weighted by atomic mass is 10.0. The van der Waals surface area contributed by atoms with Crippen molar-refractivity contribution in [2.75, 3.05) is 33.8 Å². The zero-order chi connectivity index (χ0) is 12.3. The quantitative estimate of drug-likeness (QED) is 0.838. The van der Waals surface area contributed by atoms with Gasteiger partial charge >= 0.3 is 0 Å². The minimum atomic E-state index is 0.833. The normalized spacial score (nSPS) is 16.0. The fourth-order valence-electron chi connectivity index (χ4n) is 2.33. The summed E-state index contributed by atoms with van der Waals surface area (Å²) in [6.45, 7) is 6.63. The molecule has 3 nitrogen and oxygen atoms in total. The second-order valence-electron chi connectivity index (χ2n) is 5.02. The van der Waals surface area contributed by atoms with Crippen molar-refractivity contribution in [3.63, 3.8) is 0 Å². The summed E-state index contributed by atoms with van der Waals surface area (Å²) >= 11 is 0. The number of hydrogen-bond donors (Lipinski definition) is 1. The first-order valence-corrected chi connectivity index (χ1v) is 6.22. The van der Waals surface area contributed by atoms with Gasteiger partial charge in [-0.15, -0.1) is 0 Å². The second kappa shape index (κ2) is 5.52. The third kappa shape index (κ3) is 3.20. The monoisotopic (exact) mass is 234 g/mol. The van der Waals surface area contributed by atoms with Crippen molar-refractivity contribution in [1.29, 1.82) is 0 Å². The van der Waals surface area contributed by atoms with Crippen molar-refractivity contribution in [2.24, 2.45) is 5.92 Å². The summed E-state index contributed by atoms with van der Waals surface area (Å²) < 4.78 is 5.27. The molecule has 1 N–H and O–H groups in total. The third-order valence-electron chi connectivity index (χ3n) is 3.35. The SMILES string of the molecule is COc1ccc(CN(C)CC2CNC2)cc1C. The van der Waals surface area contributed by atoms with Gasteiger partial charge < -0.3 is 15.0 Å². The van der Waals surface area contributed by atoms with E-state index in [1.807, 2.05) is 0 Å². The van der Waals surface area contributed by atoms with Gasteiger partial charge in [0.1, 0.15) is 5.75 Å². The first-order valence-electron chi connectivity index (χ1n) is 6.22. The van der Waals surface area contributed by atoms with Crippen molar-refractivity contribution in [3.8, 4) is 5.75 Å². The summed E-state index contributed by atoms with van der Waals surface area (Å²) in [4.78, 5) is 2.40. The maximum absolute atomic E-state index is 5.27. The molecule has 0 spiro atoms. The summed E-state index contributed by atoms with van der Waals surface area (Å²) in [7, 11) is 3.91. The topological polar surface area (TPSA) is 24.5 Å². The Hall–Kier alpha value is -1.06. The summed E-state index contributed by atoms with van der Waals surface area (Å²) in [5.74, 6) is 1.80. The lowest BCUT2D eigenvalue weighted by Crippen LogP contribution is -2.47. The lowest BCUT2D eigenvalue weighted by Gasteiger charge is -2.31. The number of methoxy groups -OCH3 is 1. The Balaban J connectivity index is 1.90. The highest BCUT2D eigenvalue weighted by atomic mass is 16.5. The number of nitrogens with one attached hydrogen (secondary N) is 1.